The summed E-state index contributed by atoms with van der Waals surface area (Å²) in [5.41, 5.74) is -1.21. The van der Waals surface area contributed by atoms with Gasteiger partial charge in [-0.1, -0.05) is 23.2 Å². The van der Waals surface area contributed by atoms with Crippen LogP contribution in [-0.4, -0.2) is 77.0 Å². The Morgan fingerprint density at radius 3 is 1.97 bits per heavy atom. The third kappa shape index (κ3) is 6.50. The lowest BCUT2D eigenvalue weighted by Gasteiger charge is -2.50. The molecule has 2 aliphatic rings. The molecule has 0 aromatic rings. The van der Waals surface area contributed by atoms with Crippen LogP contribution >= 0.6 is 46.4 Å². The van der Waals surface area contributed by atoms with Crippen LogP contribution in [0.1, 0.15) is 34.1 Å². The van der Waals surface area contributed by atoms with Gasteiger partial charge in [-0.15, -0.1) is 23.2 Å². The molecule has 0 bridgehead atoms. The fraction of sp³-hybridized carbons (Fsp3) is 0.833. The summed E-state index contributed by atoms with van der Waals surface area (Å²) in [7, 11) is 1.30. The normalized spacial score (nSPS) is 42.1. The van der Waals surface area contributed by atoms with Gasteiger partial charge in [0.2, 0.25) is 12.1 Å². The van der Waals surface area contributed by atoms with E-state index in [2.05, 4.69) is 0 Å². The summed E-state index contributed by atoms with van der Waals surface area (Å²) >= 11 is 25.3. The molecule has 0 spiro atoms. The van der Waals surface area contributed by atoms with Crippen LogP contribution in [0.25, 0.3) is 0 Å². The Balaban J connectivity index is 2.33. The van der Waals surface area contributed by atoms with Crippen LogP contribution in [0.4, 0.5) is 0 Å². The smallest absolute Gasteiger partial charge is 0.303 e. The molecular weight excluding hydrogens is 518 g/mol. The van der Waals surface area contributed by atoms with Crippen molar-refractivity contribution in [2.24, 2.45) is 0 Å². The fourth-order valence-electron chi connectivity index (χ4n) is 3.33. The van der Waals surface area contributed by atoms with Gasteiger partial charge in [0.15, 0.2) is 23.9 Å². The molecule has 0 radical (unpaired) electrons. The zero-order valence-electron chi connectivity index (χ0n) is 17.8. The van der Waals surface area contributed by atoms with Crippen LogP contribution < -0.4 is 0 Å². The maximum absolute atomic E-state index is 11.7. The maximum atomic E-state index is 11.7. The molecule has 10 nitrogen and oxygen atoms in total. The van der Waals surface area contributed by atoms with Gasteiger partial charge in [0.1, 0.15) is 5.38 Å². The summed E-state index contributed by atoms with van der Waals surface area (Å²) in [6.45, 7) is 4.93. The summed E-state index contributed by atoms with van der Waals surface area (Å²) in [4.78, 5) is 34.7. The van der Waals surface area contributed by atoms with E-state index in [1.807, 2.05) is 0 Å². The van der Waals surface area contributed by atoms with Crippen LogP contribution in [0.3, 0.4) is 0 Å². The Hall–Kier alpha value is -0.590. The first kappa shape index (κ1) is 27.7. The summed E-state index contributed by atoms with van der Waals surface area (Å²) in [5, 5.41) is -4.00. The first-order valence-corrected chi connectivity index (χ1v) is 11.1. The van der Waals surface area contributed by atoms with Crippen LogP contribution in [0, 0.1) is 0 Å². The average molecular weight is 542 g/mol. The standard InChI is InChI=1S/C18H24Cl4O10/c1-7(23)27-12-11(20)15(21)30-16(13(12)28-8(2)24)31-18(22)6-10(19)14(29-9(3)25)17(4,26-5)32-18/h10-16H,6H2,1-5H3. The minimum Gasteiger partial charge on any atom is -0.457 e. The molecule has 2 fully saturated rings. The lowest BCUT2D eigenvalue weighted by atomic mass is 10.0. The van der Waals surface area contributed by atoms with E-state index >= 15 is 0 Å². The first-order chi connectivity index (χ1) is 14.7. The summed E-state index contributed by atoms with van der Waals surface area (Å²) in [6, 6.07) is 0. The summed E-state index contributed by atoms with van der Waals surface area (Å²) < 4.78 is 38.1. The Bertz CT molecular complexity index is 726. The van der Waals surface area contributed by atoms with Gasteiger partial charge in [-0.05, 0) is 6.92 Å². The predicted molar refractivity (Wildman–Crippen MR) is 111 cm³/mol. The number of esters is 3. The van der Waals surface area contributed by atoms with Crippen LogP contribution in [0.5, 0.6) is 0 Å². The molecule has 9 atom stereocenters. The minimum absolute atomic E-state index is 0.213. The molecule has 184 valence electrons. The number of alkyl halides is 4. The van der Waals surface area contributed by atoms with Gasteiger partial charge in [-0.3, -0.25) is 14.4 Å². The fourth-order valence-corrected chi connectivity index (χ4v) is 4.80. The van der Waals surface area contributed by atoms with Gasteiger partial charge in [0.05, 0.1) is 5.38 Å². The number of carbonyl (C=O) groups is 3. The Morgan fingerprint density at radius 2 is 1.47 bits per heavy atom. The maximum Gasteiger partial charge on any atom is 0.303 e. The van der Waals surface area contributed by atoms with Crippen molar-refractivity contribution in [1.82, 2.24) is 0 Å². The van der Waals surface area contributed by atoms with Crippen molar-refractivity contribution in [3.05, 3.63) is 0 Å². The van der Waals surface area contributed by atoms with E-state index in [4.69, 9.17) is 79.6 Å². The van der Waals surface area contributed by atoms with E-state index in [-0.39, 0.29) is 6.42 Å². The van der Waals surface area contributed by atoms with Gasteiger partial charge in [-0.25, -0.2) is 0 Å². The molecule has 0 aliphatic carbocycles. The molecule has 9 unspecified atom stereocenters. The molecule has 0 amide bonds. The molecule has 14 heteroatoms. The third-order valence-electron chi connectivity index (χ3n) is 4.65. The number of carbonyl (C=O) groups excluding carboxylic acids is 3. The van der Waals surface area contributed by atoms with E-state index < -0.39 is 69.9 Å². The number of methoxy groups -OCH3 is 1. The number of rotatable bonds is 6. The predicted octanol–water partition coefficient (Wildman–Crippen LogP) is 2.61. The van der Waals surface area contributed by atoms with E-state index in [1.54, 1.807) is 0 Å². The highest BCUT2D eigenvalue weighted by Crippen LogP contribution is 2.45. The number of halogens is 4. The zero-order chi connectivity index (χ0) is 24.4. The minimum atomic E-state index is -2.01. The lowest BCUT2D eigenvalue weighted by molar-refractivity contribution is -0.400. The molecule has 2 rings (SSSR count). The van der Waals surface area contributed by atoms with Gasteiger partial charge in [-0.2, -0.15) is 0 Å². The number of ether oxygens (including phenoxy) is 7. The van der Waals surface area contributed by atoms with E-state index in [1.165, 1.54) is 21.0 Å². The second-order valence-corrected chi connectivity index (χ2v) is 9.37. The quantitative estimate of drug-likeness (QED) is 0.282. The van der Waals surface area contributed by atoms with Crippen LogP contribution in [0.2, 0.25) is 0 Å². The topological polar surface area (TPSA) is 116 Å². The van der Waals surface area contributed by atoms with Crippen molar-refractivity contribution in [3.63, 3.8) is 0 Å². The largest absolute Gasteiger partial charge is 0.457 e. The zero-order valence-corrected chi connectivity index (χ0v) is 20.9. The van der Waals surface area contributed by atoms with Gasteiger partial charge in [0.25, 0.3) is 5.25 Å². The average Bonchev–Trinajstić information content (AvgIpc) is 2.64. The highest BCUT2D eigenvalue weighted by atomic mass is 35.5. The summed E-state index contributed by atoms with van der Waals surface area (Å²) in [6.07, 6.45) is -5.29. The van der Waals surface area contributed by atoms with Crippen LogP contribution in [-0.2, 0) is 47.5 Å². The Morgan fingerprint density at radius 1 is 0.938 bits per heavy atom. The molecule has 2 heterocycles. The molecule has 2 saturated heterocycles. The highest BCUT2D eigenvalue weighted by molar-refractivity contribution is 6.29. The lowest BCUT2D eigenvalue weighted by Crippen LogP contribution is -2.64. The molecule has 0 N–H and O–H groups in total. The Kier molecular flexibility index (Phi) is 9.31. The molecule has 32 heavy (non-hydrogen) atoms. The van der Waals surface area contributed by atoms with Crippen molar-refractivity contribution in [3.8, 4) is 0 Å². The SMILES string of the molecule is COC1(C)OC(Cl)(OC2OC(Cl)C(Cl)C(OC(C)=O)C2OC(C)=O)CC(Cl)C1OC(C)=O. The van der Waals surface area contributed by atoms with Crippen molar-refractivity contribution in [2.45, 2.75) is 86.1 Å². The monoisotopic (exact) mass is 540 g/mol. The molecule has 2 aliphatic heterocycles. The number of hydrogen-bond acceptors (Lipinski definition) is 10. The second kappa shape index (κ2) is 10.8. The Labute approximate surface area is 204 Å². The highest BCUT2D eigenvalue weighted by Gasteiger charge is 2.59. The molecule has 0 aromatic heterocycles. The number of hydrogen-bond donors (Lipinski definition) is 0. The third-order valence-corrected chi connectivity index (χ3v) is 6.34. The van der Waals surface area contributed by atoms with E-state index in [0.29, 0.717) is 0 Å². The second-order valence-electron chi connectivity index (χ2n) is 7.30. The molecule has 0 saturated carbocycles. The molecule has 0 aromatic carbocycles. The van der Waals surface area contributed by atoms with E-state index in [0.717, 1.165) is 13.8 Å². The van der Waals surface area contributed by atoms with Crippen molar-refractivity contribution in [2.75, 3.05) is 7.11 Å². The molecular formula is C18H24Cl4O10. The van der Waals surface area contributed by atoms with Gasteiger partial charge >= 0.3 is 17.9 Å². The van der Waals surface area contributed by atoms with Crippen molar-refractivity contribution in [1.29, 1.82) is 0 Å². The van der Waals surface area contributed by atoms with Crippen molar-refractivity contribution < 1.29 is 47.5 Å². The van der Waals surface area contributed by atoms with Crippen LogP contribution in [0.15, 0.2) is 0 Å². The van der Waals surface area contributed by atoms with Gasteiger partial charge in [0, 0.05) is 34.3 Å². The first-order valence-electron chi connectivity index (χ1n) is 9.42. The van der Waals surface area contributed by atoms with Crippen molar-refractivity contribution >= 4 is 64.3 Å². The van der Waals surface area contributed by atoms with E-state index in [9.17, 15) is 14.4 Å². The summed E-state index contributed by atoms with van der Waals surface area (Å²) in [5.74, 6) is -3.66. The van der Waals surface area contributed by atoms with Gasteiger partial charge < -0.3 is 33.2 Å².